The van der Waals surface area contributed by atoms with Crippen molar-refractivity contribution >= 4 is 78.2 Å². The number of hydrogen-bond donors (Lipinski definition) is 2. The Bertz CT molecular complexity index is 223. The fraction of sp³-hybridized carbons (Fsp3) is 0.600. The van der Waals surface area contributed by atoms with Gasteiger partial charge in [0.2, 0.25) is 5.78 Å². The van der Waals surface area contributed by atoms with Crippen LogP contribution in [0.5, 0.6) is 0 Å². The van der Waals surface area contributed by atoms with Crippen molar-refractivity contribution in [2.24, 2.45) is 0 Å². The Hall–Kier alpha value is 1.33. The second-order valence-corrected chi connectivity index (χ2v) is 4.80. The molecule has 0 spiro atoms. The van der Waals surface area contributed by atoms with Crippen LogP contribution in [-0.4, -0.2) is 93.7 Å². The number of Topliss-reactive ketones (excluding diaryl/α,β-unsaturated/α-hetero) is 1. The minimum atomic E-state index is -3.24. The molecule has 13 heavy (non-hydrogen) atoms. The maximum atomic E-state index is 10.6. The van der Waals surface area contributed by atoms with Gasteiger partial charge in [0.1, 0.15) is 0 Å². The Morgan fingerprint density at radius 3 is 1.92 bits per heavy atom. The van der Waals surface area contributed by atoms with Gasteiger partial charge in [0.25, 0.3) is 0 Å². The van der Waals surface area contributed by atoms with Crippen LogP contribution in [0.4, 0.5) is 0 Å². The minimum absolute atomic E-state index is 0. The fourth-order valence-electron chi connectivity index (χ4n) is 0.416. The summed E-state index contributed by atoms with van der Waals surface area (Å²) < 4.78 is 10.6. The van der Waals surface area contributed by atoms with Crippen molar-refractivity contribution in [3.05, 3.63) is 0 Å². The van der Waals surface area contributed by atoms with E-state index in [9.17, 15) is 14.2 Å². The van der Waals surface area contributed by atoms with E-state index in [0.717, 1.165) is 6.66 Å². The summed E-state index contributed by atoms with van der Waals surface area (Å²) in [5.41, 5.74) is 0. The third-order valence-corrected chi connectivity index (χ3v) is 2.05. The average molecular weight is 228 g/mol. The first-order chi connectivity index (χ1) is 4.83. The summed E-state index contributed by atoms with van der Waals surface area (Å²) in [5.74, 6) is -2.58. The molecule has 1 atom stereocenters. The second kappa shape index (κ2) is 8.62. The molecule has 5 nitrogen and oxygen atoms in total. The molecule has 0 saturated heterocycles. The molecular formula is C5H11Na2O5P. The Morgan fingerprint density at radius 2 is 1.69 bits per heavy atom. The van der Waals surface area contributed by atoms with Gasteiger partial charge >= 0.3 is 65.1 Å². The molecular weight excluding hydrogens is 217 g/mol. The SMILES string of the molecule is CP(=O)(O)CCC(=O)C(=O)O.[NaH].[NaH]. The van der Waals surface area contributed by atoms with E-state index < -0.39 is 19.1 Å². The van der Waals surface area contributed by atoms with Crippen LogP contribution in [0.1, 0.15) is 6.42 Å². The van der Waals surface area contributed by atoms with Gasteiger partial charge in [-0.15, -0.1) is 0 Å². The van der Waals surface area contributed by atoms with Crippen LogP contribution in [0.25, 0.3) is 0 Å². The van der Waals surface area contributed by atoms with Crippen LogP contribution >= 0.6 is 7.37 Å². The zero-order chi connectivity index (χ0) is 9.07. The van der Waals surface area contributed by atoms with E-state index in [4.69, 9.17) is 10.00 Å². The van der Waals surface area contributed by atoms with Crippen LogP contribution in [0.2, 0.25) is 0 Å². The quantitative estimate of drug-likeness (QED) is 0.352. The maximum absolute atomic E-state index is 10.6. The molecule has 0 fully saturated rings. The molecule has 0 saturated carbocycles. The first kappa shape index (κ1) is 19.8. The van der Waals surface area contributed by atoms with Gasteiger partial charge in [-0.3, -0.25) is 9.36 Å². The van der Waals surface area contributed by atoms with Crippen molar-refractivity contribution in [2.75, 3.05) is 12.8 Å². The Balaban J connectivity index is -0.000000500. The predicted molar refractivity (Wildman–Crippen MR) is 52.2 cm³/mol. The first-order valence-corrected chi connectivity index (χ1v) is 5.17. The zero-order valence-electron chi connectivity index (χ0n) is 5.98. The third-order valence-electron chi connectivity index (χ3n) is 0.992. The summed E-state index contributed by atoms with van der Waals surface area (Å²) in [6.45, 7) is 1.09. The molecule has 0 aromatic heterocycles. The van der Waals surface area contributed by atoms with Crippen LogP contribution in [-0.2, 0) is 14.2 Å². The summed E-state index contributed by atoms with van der Waals surface area (Å²) >= 11 is 0. The molecule has 0 heterocycles. The van der Waals surface area contributed by atoms with E-state index in [0.29, 0.717) is 0 Å². The molecule has 0 aliphatic rings. The molecule has 0 aromatic rings. The Kier molecular flexibility index (Phi) is 13.2. The van der Waals surface area contributed by atoms with Crippen LogP contribution in [0.15, 0.2) is 0 Å². The summed E-state index contributed by atoms with van der Waals surface area (Å²) in [5, 5.41) is 8.06. The topological polar surface area (TPSA) is 91.7 Å². The number of hydrogen-bond acceptors (Lipinski definition) is 3. The van der Waals surface area contributed by atoms with Crippen molar-refractivity contribution in [1.82, 2.24) is 0 Å². The average Bonchev–Trinajstić information content (AvgIpc) is 1.80. The van der Waals surface area contributed by atoms with Crippen molar-refractivity contribution in [3.8, 4) is 0 Å². The van der Waals surface area contributed by atoms with E-state index in [1.807, 2.05) is 0 Å². The summed E-state index contributed by atoms with van der Waals surface area (Å²) in [6, 6.07) is 0. The van der Waals surface area contributed by atoms with Crippen molar-refractivity contribution < 1.29 is 24.2 Å². The zero-order valence-corrected chi connectivity index (χ0v) is 6.88. The number of carbonyl (C=O) groups excluding carboxylic acids is 1. The van der Waals surface area contributed by atoms with E-state index in [1.54, 1.807) is 0 Å². The van der Waals surface area contributed by atoms with Gasteiger partial charge in [-0.25, -0.2) is 4.79 Å². The van der Waals surface area contributed by atoms with Crippen molar-refractivity contribution in [2.45, 2.75) is 6.42 Å². The number of carbonyl (C=O) groups is 2. The molecule has 0 radical (unpaired) electrons. The predicted octanol–water partition coefficient (Wildman–Crippen LogP) is -1.37. The standard InChI is InChI=1S/C5H9O5P.2Na.2H/c1-11(9,10)3-2-4(6)5(7)8;;;;/h2-3H2,1H3,(H,7,8)(H,9,10);;;;. The van der Waals surface area contributed by atoms with Gasteiger partial charge in [0, 0.05) is 19.2 Å². The number of aliphatic carboxylic acids is 1. The molecule has 68 valence electrons. The molecule has 0 aromatic carbocycles. The Labute approximate surface area is 120 Å². The van der Waals surface area contributed by atoms with Gasteiger partial charge in [0.05, 0.1) is 0 Å². The van der Waals surface area contributed by atoms with Crippen LogP contribution in [0, 0.1) is 0 Å². The Morgan fingerprint density at radius 1 is 1.31 bits per heavy atom. The number of carboxylic acid groups (broad SMARTS) is 1. The summed E-state index contributed by atoms with van der Waals surface area (Å²) in [4.78, 5) is 28.9. The normalized spacial score (nSPS) is 13.1. The van der Waals surface area contributed by atoms with Crippen molar-refractivity contribution in [1.29, 1.82) is 0 Å². The molecule has 1 unspecified atom stereocenters. The monoisotopic (exact) mass is 228 g/mol. The molecule has 0 amide bonds. The van der Waals surface area contributed by atoms with E-state index >= 15 is 0 Å². The van der Waals surface area contributed by atoms with E-state index in [-0.39, 0.29) is 71.7 Å². The van der Waals surface area contributed by atoms with Gasteiger partial charge < -0.3 is 10.00 Å². The van der Waals surface area contributed by atoms with E-state index in [2.05, 4.69) is 0 Å². The first-order valence-electron chi connectivity index (χ1n) is 2.88. The molecule has 0 rings (SSSR count). The van der Waals surface area contributed by atoms with Gasteiger partial charge in [0.15, 0.2) is 7.37 Å². The summed E-state index contributed by atoms with van der Waals surface area (Å²) in [7, 11) is -3.24. The number of rotatable bonds is 4. The third kappa shape index (κ3) is 13.3. The molecule has 0 bridgehead atoms. The van der Waals surface area contributed by atoms with E-state index in [1.165, 1.54) is 0 Å². The molecule has 2 N–H and O–H groups in total. The molecule has 0 aliphatic heterocycles. The number of ketones is 1. The van der Waals surface area contributed by atoms with Crippen LogP contribution in [0.3, 0.4) is 0 Å². The van der Waals surface area contributed by atoms with Crippen molar-refractivity contribution in [3.63, 3.8) is 0 Å². The van der Waals surface area contributed by atoms with Gasteiger partial charge in [-0.2, -0.15) is 0 Å². The molecule has 8 heteroatoms. The van der Waals surface area contributed by atoms with Crippen LogP contribution < -0.4 is 0 Å². The van der Waals surface area contributed by atoms with Gasteiger partial charge in [-0.1, -0.05) is 0 Å². The second-order valence-electron chi connectivity index (χ2n) is 2.25. The fourth-order valence-corrected chi connectivity index (χ4v) is 1.03. The number of carboxylic acids is 1. The molecule has 0 aliphatic carbocycles. The summed E-state index contributed by atoms with van der Waals surface area (Å²) in [6.07, 6.45) is -0.641. The van der Waals surface area contributed by atoms with Gasteiger partial charge in [-0.05, 0) is 0 Å².